The summed E-state index contributed by atoms with van der Waals surface area (Å²) in [7, 11) is 0. The first-order valence-electron chi connectivity index (χ1n) is 7.63. The molecule has 1 atom stereocenters. The van der Waals surface area contributed by atoms with Crippen molar-refractivity contribution < 1.29 is 9.59 Å². The van der Waals surface area contributed by atoms with Crippen molar-refractivity contribution in [3.05, 3.63) is 59.4 Å². The SMILES string of the molecule is CCC(C)NC(=O)c1cncc(C(=O)Nc2ccc(C)cc2)c1. The first kappa shape index (κ1) is 16.7. The second kappa shape index (κ2) is 7.54. The maximum absolute atomic E-state index is 12.3. The Labute approximate surface area is 136 Å². The quantitative estimate of drug-likeness (QED) is 0.891. The van der Waals surface area contributed by atoms with E-state index in [2.05, 4.69) is 15.6 Å². The van der Waals surface area contributed by atoms with Gasteiger partial charge in [-0.2, -0.15) is 0 Å². The second-order valence-electron chi connectivity index (χ2n) is 5.57. The van der Waals surface area contributed by atoms with Gasteiger partial charge in [-0.15, -0.1) is 0 Å². The Morgan fingerprint density at radius 2 is 1.70 bits per heavy atom. The number of nitrogens with one attached hydrogen (secondary N) is 2. The normalized spacial score (nSPS) is 11.6. The molecule has 0 spiro atoms. The Morgan fingerprint density at radius 1 is 1.09 bits per heavy atom. The molecule has 0 saturated carbocycles. The molecule has 0 fully saturated rings. The molecule has 23 heavy (non-hydrogen) atoms. The average molecular weight is 311 g/mol. The highest BCUT2D eigenvalue weighted by atomic mass is 16.2. The van der Waals surface area contributed by atoms with Crippen LogP contribution in [-0.2, 0) is 0 Å². The smallest absolute Gasteiger partial charge is 0.257 e. The Bertz CT molecular complexity index is 696. The van der Waals surface area contributed by atoms with E-state index in [1.807, 2.05) is 45.0 Å². The minimum Gasteiger partial charge on any atom is -0.350 e. The maximum Gasteiger partial charge on any atom is 0.257 e. The van der Waals surface area contributed by atoms with E-state index in [-0.39, 0.29) is 17.9 Å². The third-order valence-electron chi connectivity index (χ3n) is 3.56. The van der Waals surface area contributed by atoms with E-state index in [1.165, 1.54) is 12.4 Å². The second-order valence-corrected chi connectivity index (χ2v) is 5.57. The lowest BCUT2D eigenvalue weighted by Crippen LogP contribution is -2.32. The number of carbonyl (C=O) groups excluding carboxylic acids is 2. The highest BCUT2D eigenvalue weighted by molar-refractivity contribution is 6.05. The molecule has 1 heterocycles. The molecule has 120 valence electrons. The summed E-state index contributed by atoms with van der Waals surface area (Å²) in [5.74, 6) is -0.517. The molecular weight excluding hydrogens is 290 g/mol. The van der Waals surface area contributed by atoms with Crippen LogP contribution in [0.5, 0.6) is 0 Å². The number of rotatable bonds is 5. The fourth-order valence-electron chi connectivity index (χ4n) is 1.94. The minimum absolute atomic E-state index is 0.0764. The van der Waals surface area contributed by atoms with Crippen molar-refractivity contribution in [2.24, 2.45) is 0 Å². The van der Waals surface area contributed by atoms with Crippen molar-refractivity contribution in [1.29, 1.82) is 0 Å². The summed E-state index contributed by atoms with van der Waals surface area (Å²) in [6.45, 7) is 5.91. The number of amides is 2. The molecule has 5 nitrogen and oxygen atoms in total. The van der Waals surface area contributed by atoms with Crippen LogP contribution >= 0.6 is 0 Å². The van der Waals surface area contributed by atoms with E-state index in [9.17, 15) is 9.59 Å². The van der Waals surface area contributed by atoms with Crippen molar-refractivity contribution in [3.8, 4) is 0 Å². The van der Waals surface area contributed by atoms with Crippen LogP contribution in [0.15, 0.2) is 42.7 Å². The zero-order valence-corrected chi connectivity index (χ0v) is 13.6. The van der Waals surface area contributed by atoms with Crippen molar-refractivity contribution >= 4 is 17.5 Å². The van der Waals surface area contributed by atoms with Crippen molar-refractivity contribution in [2.75, 3.05) is 5.32 Å². The summed E-state index contributed by atoms with van der Waals surface area (Å²) < 4.78 is 0. The van der Waals surface area contributed by atoms with Crippen molar-refractivity contribution in [2.45, 2.75) is 33.2 Å². The fraction of sp³-hybridized carbons (Fsp3) is 0.278. The van der Waals surface area contributed by atoms with Crippen LogP contribution in [0.25, 0.3) is 0 Å². The molecule has 0 aliphatic heterocycles. The molecule has 1 aromatic heterocycles. The summed E-state index contributed by atoms with van der Waals surface area (Å²) in [5.41, 5.74) is 2.55. The number of nitrogens with zero attached hydrogens (tertiary/aromatic N) is 1. The standard InChI is InChI=1S/C18H21N3O2/c1-4-13(3)20-17(22)14-9-15(11-19-10-14)18(23)21-16-7-5-12(2)6-8-16/h5-11,13H,4H2,1-3H3,(H,20,22)(H,21,23). The summed E-state index contributed by atoms with van der Waals surface area (Å²) in [6, 6.07) is 9.13. The van der Waals surface area contributed by atoms with E-state index < -0.39 is 0 Å². The van der Waals surface area contributed by atoms with Gasteiger partial charge in [-0.3, -0.25) is 14.6 Å². The monoisotopic (exact) mass is 311 g/mol. The van der Waals surface area contributed by atoms with E-state index in [0.29, 0.717) is 16.8 Å². The molecule has 0 saturated heterocycles. The van der Waals surface area contributed by atoms with Crippen LogP contribution in [0.2, 0.25) is 0 Å². The number of hydrogen-bond acceptors (Lipinski definition) is 3. The minimum atomic E-state index is -0.292. The zero-order valence-electron chi connectivity index (χ0n) is 13.6. The van der Waals surface area contributed by atoms with E-state index in [4.69, 9.17) is 0 Å². The maximum atomic E-state index is 12.3. The van der Waals surface area contributed by atoms with Gasteiger partial charge >= 0.3 is 0 Å². The molecule has 1 aromatic carbocycles. The van der Waals surface area contributed by atoms with Crippen LogP contribution < -0.4 is 10.6 Å². The van der Waals surface area contributed by atoms with Crippen LogP contribution in [0, 0.1) is 6.92 Å². The van der Waals surface area contributed by atoms with Crippen LogP contribution in [-0.4, -0.2) is 22.8 Å². The van der Waals surface area contributed by atoms with Gasteiger partial charge in [-0.25, -0.2) is 0 Å². The molecule has 2 N–H and O–H groups in total. The molecule has 0 radical (unpaired) electrons. The molecule has 2 amide bonds. The number of anilines is 1. The average Bonchev–Trinajstić information content (AvgIpc) is 2.56. The van der Waals surface area contributed by atoms with E-state index in [1.54, 1.807) is 6.07 Å². The van der Waals surface area contributed by atoms with Crippen molar-refractivity contribution in [1.82, 2.24) is 10.3 Å². The molecule has 5 heteroatoms. The largest absolute Gasteiger partial charge is 0.350 e. The lowest BCUT2D eigenvalue weighted by molar-refractivity contribution is 0.0939. The van der Waals surface area contributed by atoms with Gasteiger partial charge in [0, 0.05) is 24.1 Å². The highest BCUT2D eigenvalue weighted by Gasteiger charge is 2.13. The van der Waals surface area contributed by atoms with E-state index >= 15 is 0 Å². The molecular formula is C18H21N3O2. The summed E-state index contributed by atoms with van der Waals surface area (Å²) >= 11 is 0. The number of hydrogen-bond donors (Lipinski definition) is 2. The predicted molar refractivity (Wildman–Crippen MR) is 90.6 cm³/mol. The Hall–Kier alpha value is -2.69. The van der Waals surface area contributed by atoms with Gasteiger partial charge in [0.05, 0.1) is 11.1 Å². The molecule has 0 aliphatic rings. The highest BCUT2D eigenvalue weighted by Crippen LogP contribution is 2.11. The van der Waals surface area contributed by atoms with Gasteiger partial charge < -0.3 is 10.6 Å². The third kappa shape index (κ3) is 4.64. The Kier molecular flexibility index (Phi) is 5.46. The number of aromatic nitrogens is 1. The summed E-state index contributed by atoms with van der Waals surface area (Å²) in [4.78, 5) is 28.4. The molecule has 0 bridgehead atoms. The topological polar surface area (TPSA) is 71.1 Å². The van der Waals surface area contributed by atoms with Crippen LogP contribution in [0.4, 0.5) is 5.69 Å². The lowest BCUT2D eigenvalue weighted by atomic mass is 10.1. The zero-order chi connectivity index (χ0) is 16.8. The first-order chi connectivity index (χ1) is 11.0. The number of carbonyl (C=O) groups is 2. The Morgan fingerprint density at radius 3 is 2.30 bits per heavy atom. The summed E-state index contributed by atoms with van der Waals surface area (Å²) in [6.07, 6.45) is 3.75. The predicted octanol–water partition coefficient (Wildman–Crippen LogP) is 3.17. The molecule has 1 unspecified atom stereocenters. The number of aryl methyl sites for hydroxylation is 1. The van der Waals surface area contributed by atoms with Crippen LogP contribution in [0.1, 0.15) is 46.5 Å². The lowest BCUT2D eigenvalue weighted by Gasteiger charge is -2.11. The molecule has 0 aliphatic carbocycles. The molecule has 2 aromatic rings. The van der Waals surface area contributed by atoms with Crippen molar-refractivity contribution in [3.63, 3.8) is 0 Å². The van der Waals surface area contributed by atoms with E-state index in [0.717, 1.165) is 12.0 Å². The Balaban J connectivity index is 2.10. The number of pyridine rings is 1. The van der Waals surface area contributed by atoms with Gasteiger partial charge in [0.25, 0.3) is 11.8 Å². The number of benzene rings is 1. The van der Waals surface area contributed by atoms with Gasteiger partial charge in [-0.05, 0) is 38.5 Å². The third-order valence-corrected chi connectivity index (χ3v) is 3.56. The van der Waals surface area contributed by atoms with Gasteiger partial charge in [-0.1, -0.05) is 24.6 Å². The van der Waals surface area contributed by atoms with Gasteiger partial charge in [0.1, 0.15) is 0 Å². The first-order valence-corrected chi connectivity index (χ1v) is 7.63. The summed E-state index contributed by atoms with van der Waals surface area (Å²) in [5, 5.41) is 5.65. The van der Waals surface area contributed by atoms with Crippen LogP contribution in [0.3, 0.4) is 0 Å². The fourth-order valence-corrected chi connectivity index (χ4v) is 1.94. The van der Waals surface area contributed by atoms with Gasteiger partial charge in [0.15, 0.2) is 0 Å². The van der Waals surface area contributed by atoms with Gasteiger partial charge in [0.2, 0.25) is 0 Å². The molecule has 2 rings (SSSR count).